The summed E-state index contributed by atoms with van der Waals surface area (Å²) in [6.07, 6.45) is 7.86. The number of anilines is 1. The second-order valence-electron chi connectivity index (χ2n) is 4.64. The zero-order chi connectivity index (χ0) is 13.0. The molecule has 1 aromatic rings. The van der Waals surface area contributed by atoms with E-state index in [0.717, 1.165) is 18.9 Å². The highest BCUT2D eigenvalue weighted by atomic mass is 79.9. The molecule has 18 heavy (non-hydrogen) atoms. The van der Waals surface area contributed by atoms with Crippen molar-refractivity contribution in [3.05, 3.63) is 26.9 Å². The molecular weight excluding hydrogens is 298 g/mol. The van der Waals surface area contributed by atoms with Crippen LogP contribution < -0.4 is 5.32 Å². The van der Waals surface area contributed by atoms with Gasteiger partial charge in [-0.2, -0.15) is 0 Å². The first-order valence-electron chi connectivity index (χ1n) is 6.20. The van der Waals surface area contributed by atoms with Crippen LogP contribution in [0, 0.1) is 16.0 Å². The molecule has 0 unspecified atom stereocenters. The molecule has 1 aromatic heterocycles. The summed E-state index contributed by atoms with van der Waals surface area (Å²) in [4.78, 5) is 14.6. The fourth-order valence-corrected chi connectivity index (χ4v) is 2.72. The molecule has 98 valence electrons. The maximum absolute atomic E-state index is 10.9. The van der Waals surface area contributed by atoms with Crippen LogP contribution in [0.5, 0.6) is 0 Å². The third-order valence-electron chi connectivity index (χ3n) is 3.35. The Morgan fingerprint density at radius 2 is 2.22 bits per heavy atom. The van der Waals surface area contributed by atoms with Crippen molar-refractivity contribution in [1.82, 2.24) is 4.98 Å². The predicted molar refractivity (Wildman–Crippen MR) is 73.7 cm³/mol. The first kappa shape index (κ1) is 13.3. The van der Waals surface area contributed by atoms with Crippen LogP contribution in [0.15, 0.2) is 16.7 Å². The van der Waals surface area contributed by atoms with Gasteiger partial charge in [0.25, 0.3) is 0 Å². The van der Waals surface area contributed by atoms with Crippen molar-refractivity contribution in [2.45, 2.75) is 32.1 Å². The summed E-state index contributed by atoms with van der Waals surface area (Å²) in [5.41, 5.74) is 0.0239. The Labute approximate surface area is 114 Å². The molecule has 1 saturated carbocycles. The first-order valence-corrected chi connectivity index (χ1v) is 7.00. The van der Waals surface area contributed by atoms with Gasteiger partial charge in [-0.1, -0.05) is 25.7 Å². The Morgan fingerprint density at radius 1 is 1.50 bits per heavy atom. The number of nitrogens with one attached hydrogen (secondary N) is 1. The number of rotatable bonds is 5. The maximum Gasteiger partial charge on any atom is 0.312 e. The van der Waals surface area contributed by atoms with E-state index in [9.17, 15) is 10.1 Å². The molecule has 0 aliphatic heterocycles. The molecule has 1 aliphatic rings. The van der Waals surface area contributed by atoms with Crippen LogP contribution in [0.3, 0.4) is 0 Å². The van der Waals surface area contributed by atoms with E-state index in [1.54, 1.807) is 6.20 Å². The highest BCUT2D eigenvalue weighted by molar-refractivity contribution is 9.10. The highest BCUT2D eigenvalue weighted by Gasteiger charge is 2.17. The minimum atomic E-state index is -0.407. The molecule has 1 heterocycles. The van der Waals surface area contributed by atoms with Gasteiger partial charge >= 0.3 is 5.69 Å². The summed E-state index contributed by atoms with van der Waals surface area (Å²) in [5, 5.41) is 14.0. The van der Waals surface area contributed by atoms with Crippen molar-refractivity contribution in [3.63, 3.8) is 0 Å². The van der Waals surface area contributed by atoms with Crippen molar-refractivity contribution in [2.75, 3.05) is 11.9 Å². The number of nitrogens with zero attached hydrogens (tertiary/aromatic N) is 2. The predicted octanol–water partition coefficient (Wildman–Crippen LogP) is 3.74. The molecule has 0 amide bonds. The van der Waals surface area contributed by atoms with E-state index in [-0.39, 0.29) is 5.69 Å². The zero-order valence-electron chi connectivity index (χ0n) is 10.1. The average molecular weight is 314 g/mol. The summed E-state index contributed by atoms with van der Waals surface area (Å²) >= 11 is 3.19. The smallest absolute Gasteiger partial charge is 0.312 e. The molecule has 1 fully saturated rings. The standard InChI is InChI=1S/C12H16BrN3O2/c13-10-7-11(16(17)18)12(15-8-10)14-6-5-9-3-1-2-4-9/h7-9H,1-6H2,(H,14,15). The van der Waals surface area contributed by atoms with Crippen molar-refractivity contribution in [1.29, 1.82) is 0 Å². The van der Waals surface area contributed by atoms with E-state index >= 15 is 0 Å². The van der Waals surface area contributed by atoms with Crippen LogP contribution in [-0.4, -0.2) is 16.5 Å². The number of hydrogen-bond donors (Lipinski definition) is 1. The van der Waals surface area contributed by atoms with Gasteiger partial charge in [0.15, 0.2) is 0 Å². The van der Waals surface area contributed by atoms with Crippen LogP contribution in [0.1, 0.15) is 32.1 Å². The van der Waals surface area contributed by atoms with Crippen LogP contribution >= 0.6 is 15.9 Å². The summed E-state index contributed by atoms with van der Waals surface area (Å²) < 4.78 is 0.621. The first-order chi connectivity index (χ1) is 8.66. The molecular formula is C12H16BrN3O2. The van der Waals surface area contributed by atoms with E-state index in [0.29, 0.717) is 10.3 Å². The van der Waals surface area contributed by atoms with Gasteiger partial charge < -0.3 is 5.32 Å². The van der Waals surface area contributed by atoms with Gasteiger partial charge in [-0.25, -0.2) is 4.98 Å². The summed E-state index contributed by atoms with van der Waals surface area (Å²) in [7, 11) is 0. The van der Waals surface area contributed by atoms with E-state index < -0.39 is 4.92 Å². The summed E-state index contributed by atoms with van der Waals surface area (Å²) in [5.74, 6) is 1.13. The second kappa shape index (κ2) is 6.13. The number of hydrogen-bond acceptors (Lipinski definition) is 4. The highest BCUT2D eigenvalue weighted by Crippen LogP contribution is 2.28. The summed E-state index contributed by atoms with van der Waals surface area (Å²) in [6.45, 7) is 0.750. The minimum Gasteiger partial charge on any atom is -0.364 e. The normalized spacial score (nSPS) is 15.8. The van der Waals surface area contributed by atoms with Gasteiger partial charge in [-0.05, 0) is 28.3 Å². The molecule has 0 aromatic carbocycles. The van der Waals surface area contributed by atoms with Crippen LogP contribution in [0.25, 0.3) is 0 Å². The maximum atomic E-state index is 10.9. The molecule has 1 N–H and O–H groups in total. The Balaban J connectivity index is 1.93. The molecule has 6 heteroatoms. The SMILES string of the molecule is O=[N+]([O-])c1cc(Br)cnc1NCCC1CCCC1. The second-order valence-corrected chi connectivity index (χ2v) is 5.56. The fourth-order valence-electron chi connectivity index (χ4n) is 2.40. The van der Waals surface area contributed by atoms with Crippen molar-refractivity contribution in [2.24, 2.45) is 5.92 Å². The van der Waals surface area contributed by atoms with Crippen molar-refractivity contribution < 1.29 is 4.92 Å². The molecule has 0 saturated heterocycles. The summed E-state index contributed by atoms with van der Waals surface area (Å²) in [6, 6.07) is 1.48. The Morgan fingerprint density at radius 3 is 2.89 bits per heavy atom. The van der Waals surface area contributed by atoms with Gasteiger partial charge in [-0.15, -0.1) is 0 Å². The Hall–Kier alpha value is -1.17. The Bertz CT molecular complexity index is 433. The Kier molecular flexibility index (Phi) is 4.52. The van der Waals surface area contributed by atoms with E-state index in [2.05, 4.69) is 26.2 Å². The lowest BCUT2D eigenvalue weighted by Gasteiger charge is -2.10. The molecule has 0 spiro atoms. The molecule has 0 bridgehead atoms. The van der Waals surface area contributed by atoms with Gasteiger partial charge in [-0.3, -0.25) is 10.1 Å². The minimum absolute atomic E-state index is 0.0239. The number of pyridine rings is 1. The molecule has 2 rings (SSSR count). The number of aromatic nitrogens is 1. The van der Waals surface area contributed by atoms with Crippen LogP contribution in [0.2, 0.25) is 0 Å². The molecule has 0 atom stereocenters. The molecule has 0 radical (unpaired) electrons. The average Bonchev–Trinajstić information content (AvgIpc) is 2.84. The van der Waals surface area contributed by atoms with Gasteiger partial charge in [0, 0.05) is 23.3 Å². The largest absolute Gasteiger partial charge is 0.364 e. The van der Waals surface area contributed by atoms with E-state index in [4.69, 9.17) is 0 Å². The topological polar surface area (TPSA) is 68.1 Å². The quantitative estimate of drug-likeness (QED) is 0.664. The van der Waals surface area contributed by atoms with E-state index in [1.165, 1.54) is 31.7 Å². The van der Waals surface area contributed by atoms with Gasteiger partial charge in [0.2, 0.25) is 5.82 Å². The zero-order valence-corrected chi connectivity index (χ0v) is 11.6. The number of halogens is 1. The third kappa shape index (κ3) is 3.41. The van der Waals surface area contributed by atoms with Crippen LogP contribution in [0.4, 0.5) is 11.5 Å². The van der Waals surface area contributed by atoms with Gasteiger partial charge in [0.05, 0.1) is 4.92 Å². The lowest BCUT2D eigenvalue weighted by molar-refractivity contribution is -0.384. The molecule has 1 aliphatic carbocycles. The lowest BCUT2D eigenvalue weighted by atomic mass is 10.0. The van der Waals surface area contributed by atoms with E-state index in [1.807, 2.05) is 0 Å². The van der Waals surface area contributed by atoms with Crippen molar-refractivity contribution >= 4 is 27.4 Å². The third-order valence-corrected chi connectivity index (χ3v) is 3.78. The lowest BCUT2D eigenvalue weighted by Crippen LogP contribution is -2.09. The van der Waals surface area contributed by atoms with Crippen LogP contribution in [-0.2, 0) is 0 Å². The van der Waals surface area contributed by atoms with Gasteiger partial charge in [0.1, 0.15) is 0 Å². The number of nitro groups is 1. The van der Waals surface area contributed by atoms with Crippen molar-refractivity contribution in [3.8, 4) is 0 Å². The fraction of sp³-hybridized carbons (Fsp3) is 0.583. The molecule has 5 nitrogen and oxygen atoms in total. The monoisotopic (exact) mass is 313 g/mol.